The van der Waals surface area contributed by atoms with Crippen molar-refractivity contribution in [2.45, 2.75) is 38.8 Å². The number of pyridine rings is 1. The van der Waals surface area contributed by atoms with Gasteiger partial charge < -0.3 is 5.73 Å². The molecule has 100 valence electrons. The summed E-state index contributed by atoms with van der Waals surface area (Å²) in [5.41, 5.74) is 9.46. The predicted molar refractivity (Wildman–Crippen MR) is 79.9 cm³/mol. The molecule has 1 fully saturated rings. The molecule has 2 N–H and O–H groups in total. The van der Waals surface area contributed by atoms with Crippen molar-refractivity contribution in [1.29, 1.82) is 0 Å². The van der Waals surface area contributed by atoms with Crippen LogP contribution in [0.4, 0.5) is 5.69 Å². The lowest BCUT2D eigenvalue weighted by atomic mass is 10.0. The second-order valence-electron chi connectivity index (χ2n) is 6.05. The molecular formula is C16H21N3. The minimum Gasteiger partial charge on any atom is -0.398 e. The molecule has 1 aromatic carbocycles. The van der Waals surface area contributed by atoms with Crippen LogP contribution in [-0.2, 0) is 6.54 Å². The largest absolute Gasteiger partial charge is 0.398 e. The van der Waals surface area contributed by atoms with Crippen LogP contribution in [0, 0.1) is 0 Å². The van der Waals surface area contributed by atoms with Crippen molar-refractivity contribution in [3.63, 3.8) is 0 Å². The van der Waals surface area contributed by atoms with E-state index in [-0.39, 0.29) is 0 Å². The average molecular weight is 255 g/mol. The van der Waals surface area contributed by atoms with Crippen molar-refractivity contribution in [3.8, 4) is 0 Å². The Morgan fingerprint density at radius 1 is 1.32 bits per heavy atom. The number of fused-ring (bicyclic) bond motifs is 1. The molecule has 1 aliphatic rings. The van der Waals surface area contributed by atoms with Crippen LogP contribution in [0.2, 0.25) is 0 Å². The highest BCUT2D eigenvalue weighted by Gasteiger charge is 2.31. The molecule has 1 aliphatic heterocycles. The summed E-state index contributed by atoms with van der Waals surface area (Å²) in [5.74, 6) is 0. The number of likely N-dealkylation sites (tertiary alicyclic amines) is 1. The molecule has 0 saturated carbocycles. The lowest BCUT2D eigenvalue weighted by Crippen LogP contribution is -2.37. The highest BCUT2D eigenvalue weighted by Crippen LogP contribution is 2.31. The fourth-order valence-corrected chi connectivity index (χ4v) is 3.04. The van der Waals surface area contributed by atoms with Crippen molar-refractivity contribution < 1.29 is 0 Å². The minimum absolute atomic E-state index is 0.294. The van der Waals surface area contributed by atoms with Crippen LogP contribution in [-0.4, -0.2) is 22.0 Å². The Morgan fingerprint density at radius 2 is 2.16 bits per heavy atom. The molecule has 2 heterocycles. The van der Waals surface area contributed by atoms with Gasteiger partial charge in [0.1, 0.15) is 0 Å². The molecule has 0 aliphatic carbocycles. The van der Waals surface area contributed by atoms with Crippen LogP contribution in [0.25, 0.3) is 10.9 Å². The summed E-state index contributed by atoms with van der Waals surface area (Å²) in [6.45, 7) is 6.78. The summed E-state index contributed by atoms with van der Waals surface area (Å²) >= 11 is 0. The zero-order valence-electron chi connectivity index (χ0n) is 11.7. The first-order valence-electron chi connectivity index (χ1n) is 6.95. The molecule has 0 spiro atoms. The molecule has 0 atom stereocenters. The first-order chi connectivity index (χ1) is 9.08. The van der Waals surface area contributed by atoms with Crippen LogP contribution in [0.15, 0.2) is 30.5 Å². The Labute approximate surface area is 114 Å². The molecule has 1 aromatic heterocycles. The van der Waals surface area contributed by atoms with Gasteiger partial charge in [0.2, 0.25) is 0 Å². The number of aromatic nitrogens is 1. The third-order valence-electron chi connectivity index (χ3n) is 4.32. The van der Waals surface area contributed by atoms with E-state index in [9.17, 15) is 0 Å². The van der Waals surface area contributed by atoms with Crippen molar-refractivity contribution >= 4 is 16.6 Å². The summed E-state index contributed by atoms with van der Waals surface area (Å²) < 4.78 is 0. The van der Waals surface area contributed by atoms with Crippen LogP contribution in [0.1, 0.15) is 32.3 Å². The number of benzene rings is 1. The monoisotopic (exact) mass is 255 g/mol. The van der Waals surface area contributed by atoms with Gasteiger partial charge in [0, 0.05) is 29.4 Å². The van der Waals surface area contributed by atoms with Gasteiger partial charge in [-0.25, -0.2) is 0 Å². The van der Waals surface area contributed by atoms with Gasteiger partial charge in [-0.05, 0) is 57.0 Å². The molecule has 0 bridgehead atoms. The zero-order valence-corrected chi connectivity index (χ0v) is 11.7. The predicted octanol–water partition coefficient (Wildman–Crippen LogP) is 3.19. The topological polar surface area (TPSA) is 42.1 Å². The molecule has 0 unspecified atom stereocenters. The zero-order chi connectivity index (χ0) is 13.5. The van der Waals surface area contributed by atoms with E-state index in [0.717, 1.165) is 23.1 Å². The Kier molecular flexibility index (Phi) is 2.94. The number of hydrogen-bond acceptors (Lipinski definition) is 3. The first-order valence-corrected chi connectivity index (χ1v) is 6.95. The van der Waals surface area contributed by atoms with E-state index < -0.39 is 0 Å². The molecule has 3 rings (SSSR count). The number of hydrogen-bond donors (Lipinski definition) is 1. The summed E-state index contributed by atoms with van der Waals surface area (Å²) in [4.78, 5) is 7.07. The maximum Gasteiger partial charge on any atom is 0.0767 e. The molecule has 3 heteroatoms. The van der Waals surface area contributed by atoms with Crippen LogP contribution < -0.4 is 5.73 Å². The Balaban J connectivity index is 2.00. The van der Waals surface area contributed by atoms with Gasteiger partial charge in [-0.2, -0.15) is 0 Å². The average Bonchev–Trinajstić information content (AvgIpc) is 2.72. The third kappa shape index (κ3) is 2.19. The van der Waals surface area contributed by atoms with Gasteiger partial charge in [0.15, 0.2) is 0 Å². The maximum absolute atomic E-state index is 6.03. The van der Waals surface area contributed by atoms with Gasteiger partial charge in [-0.3, -0.25) is 9.88 Å². The second-order valence-corrected chi connectivity index (χ2v) is 6.05. The van der Waals surface area contributed by atoms with Crippen molar-refractivity contribution in [3.05, 3.63) is 36.0 Å². The summed E-state index contributed by atoms with van der Waals surface area (Å²) in [6.07, 6.45) is 4.40. The van der Waals surface area contributed by atoms with Gasteiger partial charge in [-0.15, -0.1) is 0 Å². The fraction of sp³-hybridized carbons (Fsp3) is 0.438. The number of anilines is 1. The number of nitrogens with zero attached hydrogens (tertiary/aromatic N) is 2. The molecule has 3 nitrogen and oxygen atoms in total. The van der Waals surface area contributed by atoms with E-state index in [4.69, 9.17) is 5.73 Å². The van der Waals surface area contributed by atoms with E-state index in [1.54, 1.807) is 0 Å². The number of nitrogens with two attached hydrogens (primary N) is 1. The fourth-order valence-electron chi connectivity index (χ4n) is 3.04. The number of rotatable bonds is 2. The van der Waals surface area contributed by atoms with Crippen molar-refractivity contribution in [1.82, 2.24) is 9.88 Å². The number of nitrogen functional groups attached to an aromatic ring is 1. The molecule has 0 amide bonds. The van der Waals surface area contributed by atoms with Gasteiger partial charge in [0.25, 0.3) is 0 Å². The van der Waals surface area contributed by atoms with E-state index >= 15 is 0 Å². The molecular weight excluding hydrogens is 234 g/mol. The maximum atomic E-state index is 6.03. The molecule has 19 heavy (non-hydrogen) atoms. The molecule has 2 aromatic rings. The third-order valence-corrected chi connectivity index (χ3v) is 4.32. The highest BCUT2D eigenvalue weighted by atomic mass is 15.2. The second kappa shape index (κ2) is 4.49. The lowest BCUT2D eigenvalue weighted by Gasteiger charge is -2.31. The molecule has 1 saturated heterocycles. The minimum atomic E-state index is 0.294. The van der Waals surface area contributed by atoms with Crippen LogP contribution in [0.3, 0.4) is 0 Å². The quantitative estimate of drug-likeness (QED) is 0.838. The SMILES string of the molecule is CC1(C)CCCN1Cc1ccc(N)c2cccnc12. The van der Waals surface area contributed by atoms with Crippen molar-refractivity contribution in [2.24, 2.45) is 0 Å². The molecule has 0 radical (unpaired) electrons. The summed E-state index contributed by atoms with van der Waals surface area (Å²) in [6, 6.07) is 8.13. The lowest BCUT2D eigenvalue weighted by molar-refractivity contribution is 0.167. The first kappa shape index (κ1) is 12.4. The van der Waals surface area contributed by atoms with Crippen molar-refractivity contribution in [2.75, 3.05) is 12.3 Å². The van der Waals surface area contributed by atoms with Gasteiger partial charge >= 0.3 is 0 Å². The Bertz CT molecular complexity index is 604. The summed E-state index contributed by atoms with van der Waals surface area (Å²) in [5, 5.41) is 1.07. The normalized spacial score (nSPS) is 19.1. The smallest absolute Gasteiger partial charge is 0.0767 e. The van der Waals surface area contributed by atoms with E-state index in [0.29, 0.717) is 5.54 Å². The Hall–Kier alpha value is -1.61. The van der Waals surface area contributed by atoms with Gasteiger partial charge in [0.05, 0.1) is 5.52 Å². The van der Waals surface area contributed by atoms with E-state index in [2.05, 4.69) is 35.9 Å². The van der Waals surface area contributed by atoms with Crippen LogP contribution >= 0.6 is 0 Å². The van der Waals surface area contributed by atoms with E-state index in [1.165, 1.54) is 24.9 Å². The van der Waals surface area contributed by atoms with E-state index in [1.807, 2.05) is 18.3 Å². The summed E-state index contributed by atoms with van der Waals surface area (Å²) in [7, 11) is 0. The van der Waals surface area contributed by atoms with Crippen LogP contribution in [0.5, 0.6) is 0 Å². The van der Waals surface area contributed by atoms with Gasteiger partial charge in [-0.1, -0.05) is 6.07 Å². The standard InChI is InChI=1S/C16H21N3/c1-16(2)8-4-10-19(16)11-12-6-7-14(17)13-5-3-9-18-15(12)13/h3,5-7,9H,4,8,10-11,17H2,1-2H3. The Morgan fingerprint density at radius 3 is 2.89 bits per heavy atom. The highest BCUT2D eigenvalue weighted by molar-refractivity contribution is 5.92.